The number of amides is 1. The fourth-order valence-electron chi connectivity index (χ4n) is 2.07. The molecular formula is C16H24N2O5S2. The smallest absolute Gasteiger partial charge is 0.315 e. The number of rotatable bonds is 10. The molecule has 1 amide bonds. The summed E-state index contributed by atoms with van der Waals surface area (Å²) in [5.41, 5.74) is 0.398. The quantitative estimate of drug-likeness (QED) is 0.616. The van der Waals surface area contributed by atoms with Crippen LogP contribution in [-0.2, 0) is 24.3 Å². The SMILES string of the molecule is CCOC(=O)CSCC(=O)Nc1cccc(S(=O)(=O)N(CC)CC)c1. The molecule has 7 nitrogen and oxygen atoms in total. The third kappa shape index (κ3) is 6.68. The molecule has 0 unspecified atom stereocenters. The van der Waals surface area contributed by atoms with Gasteiger partial charge in [0.2, 0.25) is 15.9 Å². The molecule has 0 aliphatic heterocycles. The van der Waals surface area contributed by atoms with Crippen LogP contribution in [0.3, 0.4) is 0 Å². The maximum Gasteiger partial charge on any atom is 0.315 e. The van der Waals surface area contributed by atoms with E-state index < -0.39 is 10.0 Å². The monoisotopic (exact) mass is 388 g/mol. The molecule has 0 spiro atoms. The molecule has 0 fully saturated rings. The highest BCUT2D eigenvalue weighted by atomic mass is 32.2. The Morgan fingerprint density at radius 3 is 2.44 bits per heavy atom. The summed E-state index contributed by atoms with van der Waals surface area (Å²) in [6, 6.07) is 6.13. The van der Waals surface area contributed by atoms with Gasteiger partial charge < -0.3 is 10.1 Å². The van der Waals surface area contributed by atoms with E-state index in [1.165, 1.54) is 16.4 Å². The molecule has 0 heterocycles. The van der Waals surface area contributed by atoms with E-state index in [0.717, 1.165) is 11.8 Å². The molecule has 0 bridgehead atoms. The molecule has 0 aliphatic carbocycles. The third-order valence-corrected chi connectivity index (χ3v) is 6.17. The van der Waals surface area contributed by atoms with Crippen LogP contribution >= 0.6 is 11.8 Å². The van der Waals surface area contributed by atoms with Gasteiger partial charge in [-0.25, -0.2) is 8.42 Å². The molecule has 0 saturated carbocycles. The number of anilines is 1. The van der Waals surface area contributed by atoms with Gasteiger partial charge in [-0.1, -0.05) is 19.9 Å². The Kier molecular flexibility index (Phi) is 8.95. The summed E-state index contributed by atoms with van der Waals surface area (Å²) in [7, 11) is -3.58. The maximum absolute atomic E-state index is 12.5. The lowest BCUT2D eigenvalue weighted by Gasteiger charge is -2.18. The van der Waals surface area contributed by atoms with Crippen LogP contribution in [0.4, 0.5) is 5.69 Å². The van der Waals surface area contributed by atoms with E-state index in [0.29, 0.717) is 25.4 Å². The normalized spacial score (nSPS) is 11.4. The lowest BCUT2D eigenvalue weighted by molar-refractivity contribution is -0.139. The fraction of sp³-hybridized carbons (Fsp3) is 0.500. The zero-order valence-electron chi connectivity index (χ0n) is 14.6. The van der Waals surface area contributed by atoms with Crippen molar-refractivity contribution < 1.29 is 22.7 Å². The first-order valence-electron chi connectivity index (χ1n) is 7.98. The number of benzene rings is 1. The van der Waals surface area contributed by atoms with Gasteiger partial charge in [0.15, 0.2) is 0 Å². The van der Waals surface area contributed by atoms with Gasteiger partial charge in [0, 0.05) is 18.8 Å². The number of nitrogens with zero attached hydrogens (tertiary/aromatic N) is 1. The lowest BCUT2D eigenvalue weighted by Crippen LogP contribution is -2.30. The second-order valence-corrected chi connectivity index (χ2v) is 7.89. The van der Waals surface area contributed by atoms with Crippen LogP contribution < -0.4 is 5.32 Å². The molecule has 0 saturated heterocycles. The maximum atomic E-state index is 12.5. The average Bonchev–Trinajstić information content (AvgIpc) is 2.56. The number of nitrogens with one attached hydrogen (secondary N) is 1. The highest BCUT2D eigenvalue weighted by Gasteiger charge is 2.21. The molecule has 0 aliphatic rings. The second kappa shape index (κ2) is 10.4. The van der Waals surface area contributed by atoms with E-state index in [1.54, 1.807) is 32.9 Å². The number of hydrogen-bond donors (Lipinski definition) is 1. The standard InChI is InChI=1S/C16H24N2O5S2/c1-4-18(5-2)25(21,22)14-9-7-8-13(10-14)17-15(19)11-24-12-16(20)23-6-3/h7-10H,4-6,11-12H2,1-3H3,(H,17,19). The summed E-state index contributed by atoms with van der Waals surface area (Å²) in [6.07, 6.45) is 0. The van der Waals surface area contributed by atoms with Crippen molar-refractivity contribution in [2.45, 2.75) is 25.7 Å². The summed E-state index contributed by atoms with van der Waals surface area (Å²) in [6.45, 7) is 6.31. The highest BCUT2D eigenvalue weighted by Crippen LogP contribution is 2.19. The van der Waals surface area contributed by atoms with Gasteiger partial charge in [-0.3, -0.25) is 9.59 Å². The summed E-state index contributed by atoms with van der Waals surface area (Å²) in [5, 5.41) is 2.64. The van der Waals surface area contributed by atoms with Crippen molar-refractivity contribution in [1.82, 2.24) is 4.31 Å². The average molecular weight is 389 g/mol. The summed E-state index contributed by atoms with van der Waals surface area (Å²) >= 11 is 1.14. The van der Waals surface area contributed by atoms with Crippen LogP contribution in [0.15, 0.2) is 29.2 Å². The number of carbonyl (C=O) groups excluding carboxylic acids is 2. The zero-order chi connectivity index (χ0) is 18.9. The Labute approximate surface area is 153 Å². The van der Waals surface area contributed by atoms with Gasteiger partial charge in [-0.2, -0.15) is 4.31 Å². The number of thioether (sulfide) groups is 1. The first-order valence-corrected chi connectivity index (χ1v) is 10.6. The Balaban J connectivity index is 2.69. The minimum absolute atomic E-state index is 0.0752. The van der Waals surface area contributed by atoms with E-state index in [4.69, 9.17) is 4.74 Å². The summed E-state index contributed by atoms with van der Waals surface area (Å²) in [4.78, 5) is 23.3. The van der Waals surface area contributed by atoms with Crippen LogP contribution in [0.1, 0.15) is 20.8 Å². The van der Waals surface area contributed by atoms with Crippen molar-refractivity contribution in [3.05, 3.63) is 24.3 Å². The van der Waals surface area contributed by atoms with Gasteiger partial charge in [-0.15, -0.1) is 11.8 Å². The minimum atomic E-state index is -3.58. The van der Waals surface area contributed by atoms with Crippen LogP contribution in [0, 0.1) is 0 Å². The molecule has 1 aromatic carbocycles. The van der Waals surface area contributed by atoms with Crippen molar-refractivity contribution in [3.8, 4) is 0 Å². The van der Waals surface area contributed by atoms with Crippen LogP contribution in [0.5, 0.6) is 0 Å². The Morgan fingerprint density at radius 1 is 1.16 bits per heavy atom. The van der Waals surface area contributed by atoms with Crippen molar-refractivity contribution >= 4 is 39.3 Å². The number of hydrogen-bond acceptors (Lipinski definition) is 6. The largest absolute Gasteiger partial charge is 0.465 e. The molecule has 1 N–H and O–H groups in total. The van der Waals surface area contributed by atoms with E-state index >= 15 is 0 Å². The lowest BCUT2D eigenvalue weighted by atomic mass is 10.3. The second-order valence-electron chi connectivity index (χ2n) is 4.96. The minimum Gasteiger partial charge on any atom is -0.465 e. The highest BCUT2D eigenvalue weighted by molar-refractivity contribution is 8.00. The Morgan fingerprint density at radius 2 is 1.84 bits per heavy atom. The van der Waals surface area contributed by atoms with E-state index in [9.17, 15) is 18.0 Å². The first kappa shape index (κ1) is 21.5. The molecule has 140 valence electrons. The number of esters is 1. The Bertz CT molecular complexity index is 688. The number of carbonyl (C=O) groups is 2. The molecule has 0 atom stereocenters. The van der Waals surface area contributed by atoms with E-state index in [2.05, 4.69) is 5.32 Å². The molecule has 9 heteroatoms. The predicted octanol–water partition coefficient (Wildman–Crippen LogP) is 1.95. The van der Waals surface area contributed by atoms with Crippen LogP contribution in [0.2, 0.25) is 0 Å². The van der Waals surface area contributed by atoms with Crippen molar-refractivity contribution in [1.29, 1.82) is 0 Å². The van der Waals surface area contributed by atoms with Crippen LogP contribution in [0.25, 0.3) is 0 Å². The topological polar surface area (TPSA) is 92.8 Å². The molecule has 25 heavy (non-hydrogen) atoms. The molecular weight excluding hydrogens is 364 g/mol. The van der Waals surface area contributed by atoms with Crippen molar-refractivity contribution in [3.63, 3.8) is 0 Å². The van der Waals surface area contributed by atoms with Crippen LogP contribution in [-0.4, -0.2) is 55.8 Å². The van der Waals surface area contributed by atoms with Gasteiger partial charge in [0.25, 0.3) is 0 Å². The molecule has 0 aromatic heterocycles. The van der Waals surface area contributed by atoms with Gasteiger partial charge in [0.05, 0.1) is 23.0 Å². The van der Waals surface area contributed by atoms with Gasteiger partial charge in [0.1, 0.15) is 0 Å². The molecule has 1 rings (SSSR count). The predicted molar refractivity (Wildman–Crippen MR) is 99.1 cm³/mol. The molecule has 1 aromatic rings. The van der Waals surface area contributed by atoms with Gasteiger partial charge >= 0.3 is 5.97 Å². The number of sulfonamides is 1. The summed E-state index contributed by atoms with van der Waals surface area (Å²) < 4.78 is 31.1. The number of ether oxygens (including phenoxy) is 1. The first-order chi connectivity index (χ1) is 11.8. The van der Waals surface area contributed by atoms with E-state index in [1.807, 2.05) is 0 Å². The van der Waals surface area contributed by atoms with E-state index in [-0.39, 0.29) is 28.3 Å². The van der Waals surface area contributed by atoms with Crippen molar-refractivity contribution in [2.24, 2.45) is 0 Å². The zero-order valence-corrected chi connectivity index (χ0v) is 16.3. The Hall–Kier alpha value is -1.58. The fourth-order valence-corrected chi connectivity index (χ4v) is 4.19. The van der Waals surface area contributed by atoms with Gasteiger partial charge in [-0.05, 0) is 25.1 Å². The molecule has 0 radical (unpaired) electrons. The third-order valence-electron chi connectivity index (χ3n) is 3.22. The van der Waals surface area contributed by atoms with Crippen molar-refractivity contribution in [2.75, 3.05) is 36.5 Å². The summed E-state index contributed by atoms with van der Waals surface area (Å²) in [5.74, 6) is -0.511.